The standard InChI is InChI=1S/C23H28N2O3/c1-2-3-12-24(15-16-7-5-4-6-8-16)19(26)11-13-25-22(27)20-17-9-10-18(14-17)21(20)23(25)28/h4-10,17-18,20-21H,2-3,11-15H2,1H3/t17-,18-,20-,21-/m0/s1. The van der Waals surface area contributed by atoms with E-state index in [4.69, 9.17) is 0 Å². The number of rotatable bonds is 8. The lowest BCUT2D eigenvalue weighted by molar-refractivity contribution is -0.141. The summed E-state index contributed by atoms with van der Waals surface area (Å²) in [6, 6.07) is 9.94. The number of unbranched alkanes of at least 4 members (excludes halogenated alkanes) is 1. The van der Waals surface area contributed by atoms with Crippen molar-refractivity contribution in [1.29, 1.82) is 0 Å². The van der Waals surface area contributed by atoms with Gasteiger partial charge in [-0.05, 0) is 30.2 Å². The van der Waals surface area contributed by atoms with Gasteiger partial charge in [0.1, 0.15) is 0 Å². The number of hydrogen-bond donors (Lipinski definition) is 0. The highest BCUT2D eigenvalue weighted by molar-refractivity contribution is 6.06. The highest BCUT2D eigenvalue weighted by Crippen LogP contribution is 2.52. The maximum absolute atomic E-state index is 12.9. The molecule has 1 aromatic rings. The summed E-state index contributed by atoms with van der Waals surface area (Å²) >= 11 is 0. The molecule has 4 rings (SSSR count). The van der Waals surface area contributed by atoms with Crippen molar-refractivity contribution in [1.82, 2.24) is 9.80 Å². The number of fused-ring (bicyclic) bond motifs is 5. The Morgan fingerprint density at radius 2 is 1.71 bits per heavy atom. The molecule has 0 N–H and O–H groups in total. The lowest BCUT2D eigenvalue weighted by Gasteiger charge is -2.24. The minimum absolute atomic E-state index is 0.0102. The smallest absolute Gasteiger partial charge is 0.233 e. The highest BCUT2D eigenvalue weighted by atomic mass is 16.2. The van der Waals surface area contributed by atoms with Gasteiger partial charge in [-0.2, -0.15) is 0 Å². The van der Waals surface area contributed by atoms with Crippen molar-refractivity contribution in [3.8, 4) is 0 Å². The Morgan fingerprint density at radius 3 is 2.32 bits per heavy atom. The quantitative estimate of drug-likeness (QED) is 0.515. The molecule has 0 radical (unpaired) electrons. The highest BCUT2D eigenvalue weighted by Gasteiger charge is 2.59. The third-order valence-corrected chi connectivity index (χ3v) is 6.46. The first kappa shape index (κ1) is 18.9. The first-order chi connectivity index (χ1) is 13.6. The predicted molar refractivity (Wildman–Crippen MR) is 106 cm³/mol. The number of likely N-dealkylation sites (tertiary alicyclic amines) is 1. The van der Waals surface area contributed by atoms with E-state index in [9.17, 15) is 14.4 Å². The Morgan fingerprint density at radius 1 is 1.07 bits per heavy atom. The number of carbonyl (C=O) groups excluding carboxylic acids is 3. The summed E-state index contributed by atoms with van der Waals surface area (Å²) in [5.74, 6) is -0.0597. The molecule has 28 heavy (non-hydrogen) atoms. The molecule has 1 aliphatic heterocycles. The number of amides is 3. The molecule has 2 bridgehead atoms. The van der Waals surface area contributed by atoms with Gasteiger partial charge >= 0.3 is 0 Å². The molecule has 3 aliphatic rings. The molecule has 5 heteroatoms. The summed E-state index contributed by atoms with van der Waals surface area (Å²) in [5, 5.41) is 0. The molecule has 148 valence electrons. The van der Waals surface area contributed by atoms with Crippen LogP contribution in [0.4, 0.5) is 0 Å². The van der Waals surface area contributed by atoms with Crippen LogP contribution in [0.3, 0.4) is 0 Å². The van der Waals surface area contributed by atoms with Crippen LogP contribution in [0.15, 0.2) is 42.5 Å². The van der Waals surface area contributed by atoms with Crippen molar-refractivity contribution >= 4 is 17.7 Å². The minimum atomic E-state index is -0.182. The fraction of sp³-hybridized carbons (Fsp3) is 0.522. The molecule has 2 fully saturated rings. The Kier molecular flexibility index (Phi) is 5.33. The van der Waals surface area contributed by atoms with Gasteiger partial charge in [-0.1, -0.05) is 55.8 Å². The summed E-state index contributed by atoms with van der Waals surface area (Å²) in [4.78, 5) is 41.7. The molecule has 1 saturated carbocycles. The third kappa shape index (κ3) is 3.38. The van der Waals surface area contributed by atoms with Crippen LogP contribution < -0.4 is 0 Å². The van der Waals surface area contributed by atoms with E-state index in [1.54, 1.807) is 0 Å². The third-order valence-electron chi connectivity index (χ3n) is 6.46. The second-order valence-electron chi connectivity index (χ2n) is 8.23. The van der Waals surface area contributed by atoms with E-state index in [-0.39, 0.29) is 54.4 Å². The van der Waals surface area contributed by atoms with Gasteiger partial charge in [0, 0.05) is 26.1 Å². The zero-order valence-corrected chi connectivity index (χ0v) is 16.4. The van der Waals surface area contributed by atoms with Crippen molar-refractivity contribution in [3.05, 3.63) is 48.0 Å². The Bertz CT molecular complexity index is 758. The average Bonchev–Trinajstić information content (AvgIpc) is 3.38. The average molecular weight is 380 g/mol. The van der Waals surface area contributed by atoms with E-state index in [1.165, 1.54) is 4.90 Å². The fourth-order valence-corrected chi connectivity index (χ4v) is 4.99. The number of allylic oxidation sites excluding steroid dienone is 2. The van der Waals surface area contributed by atoms with Gasteiger partial charge in [-0.15, -0.1) is 0 Å². The van der Waals surface area contributed by atoms with E-state index in [1.807, 2.05) is 35.2 Å². The second kappa shape index (κ2) is 7.90. The van der Waals surface area contributed by atoms with Crippen LogP contribution in [0.5, 0.6) is 0 Å². The van der Waals surface area contributed by atoms with Crippen molar-refractivity contribution in [2.75, 3.05) is 13.1 Å². The van der Waals surface area contributed by atoms with Crippen LogP contribution >= 0.6 is 0 Å². The van der Waals surface area contributed by atoms with Crippen LogP contribution in [-0.2, 0) is 20.9 Å². The van der Waals surface area contributed by atoms with Gasteiger partial charge < -0.3 is 4.90 Å². The summed E-state index contributed by atoms with van der Waals surface area (Å²) in [6.45, 7) is 3.58. The lowest BCUT2D eigenvalue weighted by atomic mass is 9.85. The van der Waals surface area contributed by atoms with Crippen molar-refractivity contribution in [2.24, 2.45) is 23.7 Å². The monoisotopic (exact) mass is 380 g/mol. The number of nitrogens with zero attached hydrogens (tertiary/aromatic N) is 2. The second-order valence-corrected chi connectivity index (χ2v) is 8.23. The predicted octanol–water partition coefficient (Wildman–Crippen LogP) is 3.01. The number of carbonyl (C=O) groups is 3. The number of benzene rings is 1. The first-order valence-electron chi connectivity index (χ1n) is 10.5. The normalized spacial score (nSPS) is 27.5. The SMILES string of the molecule is CCCCN(Cc1ccccc1)C(=O)CCN1C(=O)[C@@H]2[C@@H](C1=O)[C@H]1C=C[C@H]2C1. The summed E-state index contributed by atoms with van der Waals surface area (Å²) in [5.41, 5.74) is 1.09. The Labute approximate surface area is 166 Å². The van der Waals surface area contributed by atoms with E-state index in [2.05, 4.69) is 19.1 Å². The van der Waals surface area contributed by atoms with Crippen LogP contribution in [-0.4, -0.2) is 40.6 Å². The number of imide groups is 1. The van der Waals surface area contributed by atoms with Gasteiger partial charge in [0.25, 0.3) is 0 Å². The van der Waals surface area contributed by atoms with Crippen LogP contribution in [0.2, 0.25) is 0 Å². The largest absolute Gasteiger partial charge is 0.338 e. The zero-order valence-electron chi connectivity index (χ0n) is 16.4. The lowest BCUT2D eigenvalue weighted by Crippen LogP contribution is -2.38. The molecular weight excluding hydrogens is 352 g/mol. The van der Waals surface area contributed by atoms with Crippen molar-refractivity contribution in [2.45, 2.75) is 39.2 Å². The molecule has 3 amide bonds. The van der Waals surface area contributed by atoms with Gasteiger partial charge in [-0.3, -0.25) is 19.3 Å². The maximum atomic E-state index is 12.9. The van der Waals surface area contributed by atoms with Crippen LogP contribution in [0.25, 0.3) is 0 Å². The first-order valence-corrected chi connectivity index (χ1v) is 10.5. The molecule has 0 spiro atoms. The van der Waals surface area contributed by atoms with E-state index < -0.39 is 0 Å². The Hall–Kier alpha value is -2.43. The fourth-order valence-electron chi connectivity index (χ4n) is 4.99. The molecular formula is C23H28N2O3. The minimum Gasteiger partial charge on any atom is -0.338 e. The molecule has 1 aromatic carbocycles. The van der Waals surface area contributed by atoms with Gasteiger partial charge in [-0.25, -0.2) is 0 Å². The topological polar surface area (TPSA) is 57.7 Å². The molecule has 1 saturated heterocycles. The van der Waals surface area contributed by atoms with Crippen molar-refractivity contribution < 1.29 is 14.4 Å². The summed E-state index contributed by atoms with van der Waals surface area (Å²) in [7, 11) is 0. The Balaban J connectivity index is 1.38. The van der Waals surface area contributed by atoms with Gasteiger partial charge in [0.05, 0.1) is 11.8 Å². The van der Waals surface area contributed by atoms with Gasteiger partial charge in [0.2, 0.25) is 17.7 Å². The zero-order chi connectivity index (χ0) is 19.7. The van der Waals surface area contributed by atoms with E-state index in [0.29, 0.717) is 13.1 Å². The molecule has 0 aromatic heterocycles. The van der Waals surface area contributed by atoms with E-state index >= 15 is 0 Å². The molecule has 4 atom stereocenters. The van der Waals surface area contributed by atoms with Gasteiger partial charge in [0.15, 0.2) is 0 Å². The summed E-state index contributed by atoms with van der Waals surface area (Å²) < 4.78 is 0. The van der Waals surface area contributed by atoms with Crippen LogP contribution in [0, 0.1) is 23.7 Å². The molecule has 0 unspecified atom stereocenters. The molecule has 1 heterocycles. The van der Waals surface area contributed by atoms with Crippen molar-refractivity contribution in [3.63, 3.8) is 0 Å². The molecule has 5 nitrogen and oxygen atoms in total. The molecule has 2 aliphatic carbocycles. The maximum Gasteiger partial charge on any atom is 0.233 e. The summed E-state index contributed by atoms with van der Waals surface area (Å²) in [6.07, 6.45) is 7.29. The number of hydrogen-bond acceptors (Lipinski definition) is 3. The van der Waals surface area contributed by atoms with Crippen LogP contribution in [0.1, 0.15) is 38.2 Å². The van der Waals surface area contributed by atoms with E-state index in [0.717, 1.165) is 24.8 Å².